The summed E-state index contributed by atoms with van der Waals surface area (Å²) in [5, 5.41) is 1.82. The van der Waals surface area contributed by atoms with Gasteiger partial charge in [-0.05, 0) is 36.8 Å². The third kappa shape index (κ3) is 3.94. The third-order valence-electron chi connectivity index (χ3n) is 3.98. The largest absolute Gasteiger partial charge is 0.471 e. The Morgan fingerprint density at radius 2 is 1.70 bits per heavy atom. The number of benzene rings is 2. The van der Waals surface area contributed by atoms with E-state index in [0.717, 1.165) is 0 Å². The molecule has 0 atom stereocenters. The van der Waals surface area contributed by atoms with Crippen LogP contribution in [0.5, 0.6) is 0 Å². The van der Waals surface area contributed by atoms with Crippen molar-refractivity contribution in [3.8, 4) is 0 Å². The number of carbonyl (C=O) groups is 2. The Bertz CT molecular complexity index is 895. The first kappa shape index (κ1) is 18.5. The number of alkyl halides is 3. The lowest BCUT2D eigenvalue weighted by Gasteiger charge is -2.23. The first-order chi connectivity index (χ1) is 12.8. The highest BCUT2D eigenvalue weighted by molar-refractivity contribution is 5.97. The molecule has 0 saturated heterocycles. The van der Waals surface area contributed by atoms with E-state index < -0.39 is 12.1 Å². The van der Waals surface area contributed by atoms with Crippen LogP contribution in [-0.2, 0) is 4.79 Å². The molecular formula is C19H15F3N3O2. The minimum absolute atomic E-state index is 0.0453. The standard InChI is InChI=1S/C19H15F3N3O2/c1-13-15(23-18(27)19(20,21)22)8-5-9-16(13)24-10-11-25(12-24)17(26)14-6-3-2-4-7-14/h2-11H,1,12H2,(H,23,27). The monoisotopic (exact) mass is 374 g/mol. The summed E-state index contributed by atoms with van der Waals surface area (Å²) in [6.07, 6.45) is -1.79. The van der Waals surface area contributed by atoms with Gasteiger partial charge in [-0.1, -0.05) is 24.3 Å². The number of carbonyl (C=O) groups excluding carboxylic acids is 2. The molecule has 2 aromatic carbocycles. The van der Waals surface area contributed by atoms with Crippen LogP contribution in [0.3, 0.4) is 0 Å². The predicted molar refractivity (Wildman–Crippen MR) is 94.7 cm³/mol. The zero-order chi connectivity index (χ0) is 19.6. The number of nitrogens with one attached hydrogen (secondary N) is 1. The summed E-state index contributed by atoms with van der Waals surface area (Å²) in [6.45, 7) is 3.94. The smallest absolute Gasteiger partial charge is 0.328 e. The molecule has 0 bridgehead atoms. The van der Waals surface area contributed by atoms with Gasteiger partial charge in [0, 0.05) is 29.3 Å². The first-order valence-corrected chi connectivity index (χ1v) is 7.91. The predicted octanol–water partition coefficient (Wildman–Crippen LogP) is 3.76. The molecule has 0 unspecified atom stereocenters. The summed E-state index contributed by atoms with van der Waals surface area (Å²) in [5.74, 6) is -2.27. The second kappa shape index (κ2) is 7.14. The minimum atomic E-state index is -4.99. The molecule has 0 spiro atoms. The summed E-state index contributed by atoms with van der Waals surface area (Å²) < 4.78 is 37.4. The van der Waals surface area contributed by atoms with Crippen molar-refractivity contribution in [2.24, 2.45) is 0 Å². The van der Waals surface area contributed by atoms with Crippen LogP contribution < -0.4 is 10.2 Å². The van der Waals surface area contributed by atoms with E-state index in [1.165, 1.54) is 17.0 Å². The molecule has 2 aromatic rings. The van der Waals surface area contributed by atoms with Gasteiger partial charge in [0.2, 0.25) is 0 Å². The molecule has 8 heteroatoms. The zero-order valence-electron chi connectivity index (χ0n) is 14.0. The normalized spacial score (nSPS) is 13.8. The maximum absolute atomic E-state index is 12.5. The summed E-state index contributed by atoms with van der Waals surface area (Å²) in [7, 11) is 0. The van der Waals surface area contributed by atoms with E-state index in [4.69, 9.17) is 0 Å². The van der Waals surface area contributed by atoms with Gasteiger partial charge in [-0.15, -0.1) is 0 Å². The Morgan fingerprint density at radius 1 is 1.00 bits per heavy atom. The van der Waals surface area contributed by atoms with Crippen LogP contribution in [-0.4, -0.2) is 29.6 Å². The fraction of sp³-hybridized carbons (Fsp3) is 0.105. The average molecular weight is 374 g/mol. The van der Waals surface area contributed by atoms with Gasteiger partial charge in [-0.2, -0.15) is 13.2 Å². The summed E-state index contributed by atoms with van der Waals surface area (Å²) in [5.41, 5.74) is 1.17. The Morgan fingerprint density at radius 3 is 2.37 bits per heavy atom. The lowest BCUT2D eigenvalue weighted by molar-refractivity contribution is -0.167. The van der Waals surface area contributed by atoms with E-state index in [1.807, 2.05) is 5.32 Å². The SMILES string of the molecule is [CH2]c1c(NC(=O)C(F)(F)F)cccc1N1C=CN(C(=O)c2ccccc2)C1. The van der Waals surface area contributed by atoms with E-state index in [1.54, 1.807) is 53.7 Å². The Hall–Kier alpha value is -3.29. The molecule has 1 heterocycles. The van der Waals surface area contributed by atoms with Gasteiger partial charge in [0.15, 0.2) is 0 Å². The second-order valence-corrected chi connectivity index (χ2v) is 5.81. The summed E-state index contributed by atoms with van der Waals surface area (Å²) in [4.78, 5) is 26.8. The number of anilines is 2. The molecule has 27 heavy (non-hydrogen) atoms. The highest BCUT2D eigenvalue weighted by Crippen LogP contribution is 2.30. The fourth-order valence-corrected chi connectivity index (χ4v) is 2.61. The van der Waals surface area contributed by atoms with Gasteiger partial charge in [0.05, 0.1) is 0 Å². The molecule has 0 aromatic heterocycles. The third-order valence-corrected chi connectivity index (χ3v) is 3.98. The van der Waals surface area contributed by atoms with Crippen molar-refractivity contribution in [2.45, 2.75) is 6.18 Å². The summed E-state index contributed by atoms with van der Waals surface area (Å²) in [6, 6.07) is 13.2. The van der Waals surface area contributed by atoms with Gasteiger partial charge in [0.25, 0.3) is 5.91 Å². The molecule has 1 aliphatic rings. The van der Waals surface area contributed by atoms with Crippen LogP contribution in [0.25, 0.3) is 0 Å². The van der Waals surface area contributed by atoms with Gasteiger partial charge >= 0.3 is 12.1 Å². The van der Waals surface area contributed by atoms with E-state index >= 15 is 0 Å². The van der Waals surface area contributed by atoms with Crippen LogP contribution in [0.15, 0.2) is 60.9 Å². The van der Waals surface area contributed by atoms with Gasteiger partial charge in [-0.3, -0.25) is 14.5 Å². The first-order valence-electron chi connectivity index (χ1n) is 7.91. The average Bonchev–Trinajstić information content (AvgIpc) is 3.12. The molecule has 139 valence electrons. The molecule has 2 amide bonds. The molecule has 1 N–H and O–H groups in total. The van der Waals surface area contributed by atoms with Crippen molar-refractivity contribution >= 4 is 23.2 Å². The highest BCUT2D eigenvalue weighted by atomic mass is 19.4. The van der Waals surface area contributed by atoms with Gasteiger partial charge in [0.1, 0.15) is 6.67 Å². The van der Waals surface area contributed by atoms with Crippen molar-refractivity contribution in [3.05, 3.63) is 79.0 Å². The number of halogens is 3. The summed E-state index contributed by atoms with van der Waals surface area (Å²) >= 11 is 0. The number of amides is 2. The van der Waals surface area contributed by atoms with Crippen molar-refractivity contribution in [2.75, 3.05) is 16.9 Å². The quantitative estimate of drug-likeness (QED) is 0.890. The number of hydrogen-bond acceptors (Lipinski definition) is 3. The minimum Gasteiger partial charge on any atom is -0.328 e. The van der Waals surface area contributed by atoms with E-state index in [0.29, 0.717) is 11.3 Å². The van der Waals surface area contributed by atoms with Crippen LogP contribution in [0, 0.1) is 6.92 Å². The topological polar surface area (TPSA) is 52.7 Å². The molecule has 0 fully saturated rings. The maximum Gasteiger partial charge on any atom is 0.471 e. The van der Waals surface area contributed by atoms with Crippen LogP contribution in [0.2, 0.25) is 0 Å². The lowest BCUT2D eigenvalue weighted by Crippen LogP contribution is -2.31. The van der Waals surface area contributed by atoms with E-state index in [-0.39, 0.29) is 23.8 Å². The Balaban J connectivity index is 1.77. The molecule has 0 saturated carbocycles. The molecular weight excluding hydrogens is 359 g/mol. The Kier molecular flexibility index (Phi) is 4.89. The maximum atomic E-state index is 12.5. The number of hydrogen-bond donors (Lipinski definition) is 1. The van der Waals surface area contributed by atoms with Crippen LogP contribution in [0.1, 0.15) is 15.9 Å². The number of rotatable bonds is 3. The highest BCUT2D eigenvalue weighted by Gasteiger charge is 2.39. The van der Waals surface area contributed by atoms with Crippen LogP contribution >= 0.6 is 0 Å². The van der Waals surface area contributed by atoms with E-state index in [2.05, 4.69) is 6.92 Å². The van der Waals surface area contributed by atoms with Crippen molar-refractivity contribution in [1.29, 1.82) is 0 Å². The molecule has 3 rings (SSSR count). The lowest BCUT2D eigenvalue weighted by atomic mass is 10.1. The zero-order valence-corrected chi connectivity index (χ0v) is 14.0. The van der Waals surface area contributed by atoms with Gasteiger partial charge < -0.3 is 10.2 Å². The fourth-order valence-electron chi connectivity index (χ4n) is 2.61. The van der Waals surface area contributed by atoms with Crippen molar-refractivity contribution in [3.63, 3.8) is 0 Å². The molecule has 0 aliphatic carbocycles. The van der Waals surface area contributed by atoms with Crippen molar-refractivity contribution in [1.82, 2.24) is 4.90 Å². The molecule has 5 nitrogen and oxygen atoms in total. The second-order valence-electron chi connectivity index (χ2n) is 5.81. The van der Waals surface area contributed by atoms with Gasteiger partial charge in [-0.25, -0.2) is 0 Å². The number of nitrogens with zero attached hydrogens (tertiary/aromatic N) is 2. The van der Waals surface area contributed by atoms with Crippen LogP contribution in [0.4, 0.5) is 24.5 Å². The molecule has 1 aliphatic heterocycles. The Labute approximate surface area is 153 Å². The van der Waals surface area contributed by atoms with E-state index in [9.17, 15) is 22.8 Å². The molecule has 1 radical (unpaired) electrons. The van der Waals surface area contributed by atoms with Crippen molar-refractivity contribution < 1.29 is 22.8 Å².